The van der Waals surface area contributed by atoms with E-state index in [1.807, 2.05) is 19.9 Å². The van der Waals surface area contributed by atoms with Crippen molar-refractivity contribution in [2.75, 3.05) is 13.1 Å². The molecule has 3 aromatic rings. The highest BCUT2D eigenvalue weighted by Gasteiger charge is 2.44. The van der Waals surface area contributed by atoms with Gasteiger partial charge in [-0.3, -0.25) is 14.4 Å². The van der Waals surface area contributed by atoms with Crippen LogP contribution in [-0.2, 0) is 19.6 Å². The Balaban J connectivity index is 1.70. The van der Waals surface area contributed by atoms with Crippen LogP contribution in [0.15, 0.2) is 50.7 Å². The van der Waals surface area contributed by atoms with Gasteiger partial charge >= 0.3 is 0 Å². The number of amides is 2. The van der Waals surface area contributed by atoms with Gasteiger partial charge in [0.15, 0.2) is 11.5 Å². The molecule has 1 unspecified atom stereocenters. The highest BCUT2D eigenvalue weighted by molar-refractivity contribution is 7.91. The van der Waals surface area contributed by atoms with Gasteiger partial charge in [-0.05, 0) is 43.9 Å². The number of hydrogen-bond donors (Lipinski definition) is 2. The Kier molecular flexibility index (Phi) is 7.86. The Morgan fingerprint density at radius 2 is 2.08 bits per heavy atom. The SMILES string of the molecule is CC(C)CC(NC(=O)c1cc2ccccc2o1)C(=O)N([C@H]1CCCNCC1=O)S(=O)(=O)c1nccs1. The number of aromatic nitrogens is 1. The number of benzene rings is 1. The third kappa shape index (κ3) is 5.50. The number of hydrogen-bond acceptors (Lipinski definition) is 9. The van der Waals surface area contributed by atoms with Gasteiger partial charge in [0.25, 0.3) is 21.8 Å². The zero-order chi connectivity index (χ0) is 25.9. The summed E-state index contributed by atoms with van der Waals surface area (Å²) in [6, 6.07) is 6.26. The van der Waals surface area contributed by atoms with E-state index in [-0.39, 0.29) is 35.4 Å². The molecule has 1 aliphatic heterocycles. The summed E-state index contributed by atoms with van der Waals surface area (Å²) in [5.41, 5.74) is 0.513. The van der Waals surface area contributed by atoms with Crippen molar-refractivity contribution in [3.05, 3.63) is 47.7 Å². The van der Waals surface area contributed by atoms with Crippen LogP contribution in [0.4, 0.5) is 0 Å². The smallest absolute Gasteiger partial charge is 0.294 e. The molecule has 12 heteroatoms. The first-order valence-corrected chi connectivity index (χ1v) is 14.0. The number of carbonyl (C=O) groups is 3. The molecule has 0 aliphatic carbocycles. The van der Waals surface area contributed by atoms with Crippen molar-refractivity contribution in [2.24, 2.45) is 5.92 Å². The molecule has 2 aromatic heterocycles. The van der Waals surface area contributed by atoms with Crippen LogP contribution in [0.1, 0.15) is 43.7 Å². The molecule has 1 aliphatic rings. The molecule has 3 heterocycles. The van der Waals surface area contributed by atoms with Crippen molar-refractivity contribution in [1.82, 2.24) is 19.9 Å². The van der Waals surface area contributed by atoms with Crippen LogP contribution < -0.4 is 10.6 Å². The first-order valence-electron chi connectivity index (χ1n) is 11.7. The number of ketones is 1. The normalized spacial score (nSPS) is 17.6. The Labute approximate surface area is 213 Å². The molecule has 1 saturated heterocycles. The average molecular weight is 533 g/mol. The van der Waals surface area contributed by atoms with E-state index in [2.05, 4.69) is 15.6 Å². The summed E-state index contributed by atoms with van der Waals surface area (Å²) in [5, 5.41) is 7.83. The van der Waals surface area contributed by atoms with E-state index in [1.165, 1.54) is 11.6 Å². The first-order chi connectivity index (χ1) is 17.2. The van der Waals surface area contributed by atoms with Crippen molar-refractivity contribution in [3.8, 4) is 0 Å². The number of sulfonamides is 1. The number of fused-ring (bicyclic) bond motifs is 1. The molecule has 10 nitrogen and oxygen atoms in total. The molecule has 0 saturated carbocycles. The zero-order valence-electron chi connectivity index (χ0n) is 20.0. The van der Waals surface area contributed by atoms with E-state index in [0.717, 1.165) is 16.7 Å². The monoisotopic (exact) mass is 532 g/mol. The maximum atomic E-state index is 13.9. The fourth-order valence-electron chi connectivity index (χ4n) is 4.19. The van der Waals surface area contributed by atoms with Crippen LogP contribution in [-0.4, -0.2) is 60.5 Å². The molecular weight excluding hydrogens is 504 g/mol. The summed E-state index contributed by atoms with van der Waals surface area (Å²) in [5.74, 6) is -1.99. The second-order valence-corrected chi connectivity index (χ2v) is 11.9. The van der Waals surface area contributed by atoms with Crippen LogP contribution >= 0.6 is 11.3 Å². The maximum absolute atomic E-state index is 13.9. The number of para-hydroxylation sites is 1. The van der Waals surface area contributed by atoms with Crippen molar-refractivity contribution in [3.63, 3.8) is 0 Å². The summed E-state index contributed by atoms with van der Waals surface area (Å²) < 4.78 is 33.2. The second kappa shape index (κ2) is 10.9. The summed E-state index contributed by atoms with van der Waals surface area (Å²) in [7, 11) is -4.44. The molecule has 36 heavy (non-hydrogen) atoms. The van der Waals surface area contributed by atoms with Gasteiger partial charge in [-0.2, -0.15) is 8.42 Å². The van der Waals surface area contributed by atoms with E-state index in [1.54, 1.807) is 24.3 Å². The summed E-state index contributed by atoms with van der Waals surface area (Å²) in [6.45, 7) is 4.18. The Morgan fingerprint density at radius 3 is 2.78 bits per heavy atom. The number of furan rings is 1. The minimum atomic E-state index is -4.44. The number of Topliss-reactive ketones (excluding diaryl/α,β-unsaturated/α-hetero) is 1. The predicted octanol–water partition coefficient (Wildman–Crippen LogP) is 2.57. The summed E-state index contributed by atoms with van der Waals surface area (Å²) >= 11 is 0.863. The number of thiazole rings is 1. The molecule has 1 aromatic carbocycles. The fraction of sp³-hybridized carbons (Fsp3) is 0.417. The average Bonchev–Trinajstić information content (AvgIpc) is 3.48. The first kappa shape index (κ1) is 26.0. The van der Waals surface area contributed by atoms with Crippen LogP contribution in [0.2, 0.25) is 0 Å². The van der Waals surface area contributed by atoms with Gasteiger partial charge in [0.05, 0.1) is 6.54 Å². The Hall–Kier alpha value is -3.09. The molecule has 192 valence electrons. The van der Waals surface area contributed by atoms with Crippen molar-refractivity contribution in [1.29, 1.82) is 0 Å². The Morgan fingerprint density at radius 1 is 1.31 bits per heavy atom. The van der Waals surface area contributed by atoms with E-state index in [9.17, 15) is 22.8 Å². The second-order valence-electron chi connectivity index (χ2n) is 9.04. The Bertz CT molecular complexity index is 1320. The quantitative estimate of drug-likeness (QED) is 0.451. The van der Waals surface area contributed by atoms with E-state index >= 15 is 0 Å². The van der Waals surface area contributed by atoms with Crippen LogP contribution in [0.25, 0.3) is 11.0 Å². The van der Waals surface area contributed by atoms with E-state index < -0.39 is 39.7 Å². The molecule has 2 amide bonds. The third-order valence-corrected chi connectivity index (χ3v) is 8.84. The standard InChI is InChI=1S/C24H28N4O6S2/c1-15(2)12-17(27-22(30)21-13-16-6-3-4-8-20(16)34-21)23(31)28(18-7-5-9-25-14-19(18)29)36(32,33)24-26-10-11-35-24/h3-4,6,8,10-11,13,15,17-18,25H,5,7,9,12,14H2,1-2H3,(H,27,30)/t17?,18-/m0/s1. The van der Waals surface area contributed by atoms with Crippen LogP contribution in [0.3, 0.4) is 0 Å². The maximum Gasteiger partial charge on any atom is 0.294 e. The van der Waals surface area contributed by atoms with Gasteiger partial charge in [0.1, 0.15) is 17.7 Å². The van der Waals surface area contributed by atoms with Gasteiger partial charge in [-0.25, -0.2) is 9.29 Å². The molecule has 0 bridgehead atoms. The van der Waals surface area contributed by atoms with Crippen LogP contribution in [0.5, 0.6) is 0 Å². The van der Waals surface area contributed by atoms with Gasteiger partial charge < -0.3 is 15.1 Å². The van der Waals surface area contributed by atoms with Crippen molar-refractivity contribution < 1.29 is 27.2 Å². The molecule has 4 rings (SSSR count). The molecular formula is C24H28N4O6S2. The third-order valence-electron chi connectivity index (χ3n) is 5.85. The van der Waals surface area contributed by atoms with Crippen molar-refractivity contribution >= 4 is 49.9 Å². The highest BCUT2D eigenvalue weighted by atomic mass is 32.2. The largest absolute Gasteiger partial charge is 0.451 e. The van der Waals surface area contributed by atoms with E-state index in [4.69, 9.17) is 4.42 Å². The van der Waals surface area contributed by atoms with Gasteiger partial charge in [0, 0.05) is 17.0 Å². The molecule has 0 spiro atoms. The van der Waals surface area contributed by atoms with Crippen molar-refractivity contribution in [2.45, 2.75) is 49.5 Å². The minimum absolute atomic E-state index is 0.00169. The molecule has 0 radical (unpaired) electrons. The van der Waals surface area contributed by atoms with Gasteiger partial charge in [0.2, 0.25) is 4.34 Å². The van der Waals surface area contributed by atoms with Crippen LogP contribution in [0, 0.1) is 5.92 Å². The van der Waals surface area contributed by atoms with E-state index in [0.29, 0.717) is 22.9 Å². The van der Waals surface area contributed by atoms with Gasteiger partial charge in [-0.15, -0.1) is 11.3 Å². The van der Waals surface area contributed by atoms with Gasteiger partial charge in [-0.1, -0.05) is 32.0 Å². The lowest BCUT2D eigenvalue weighted by molar-refractivity contribution is -0.135. The number of nitrogens with zero attached hydrogens (tertiary/aromatic N) is 2. The number of nitrogens with one attached hydrogen (secondary N) is 2. The summed E-state index contributed by atoms with van der Waals surface area (Å²) in [4.78, 5) is 43.8. The molecule has 2 N–H and O–H groups in total. The fourth-order valence-corrected chi connectivity index (χ4v) is 6.73. The molecule has 2 atom stereocenters. The topological polar surface area (TPSA) is 139 Å². The molecule has 1 fully saturated rings. The minimum Gasteiger partial charge on any atom is -0.451 e. The zero-order valence-corrected chi connectivity index (χ0v) is 21.6. The number of carbonyl (C=O) groups excluding carboxylic acids is 3. The lowest BCUT2D eigenvalue weighted by atomic mass is 10.0. The lowest BCUT2D eigenvalue weighted by Gasteiger charge is -2.32. The highest BCUT2D eigenvalue weighted by Crippen LogP contribution is 2.26. The summed E-state index contributed by atoms with van der Waals surface area (Å²) in [6.07, 6.45) is 2.17. The number of rotatable bonds is 8. The predicted molar refractivity (Wildman–Crippen MR) is 134 cm³/mol. The lowest BCUT2D eigenvalue weighted by Crippen LogP contribution is -2.56.